The number of benzene rings is 1. The quantitative estimate of drug-likeness (QED) is 0.508. The molecule has 0 spiro atoms. The van der Waals surface area contributed by atoms with Gasteiger partial charge < -0.3 is 4.90 Å². The van der Waals surface area contributed by atoms with Crippen LogP contribution in [0.15, 0.2) is 36.4 Å². The molecule has 3 N–H and O–H groups in total. The highest BCUT2D eigenvalue weighted by atomic mass is 16.2. The fourth-order valence-corrected chi connectivity index (χ4v) is 3.18. The van der Waals surface area contributed by atoms with E-state index >= 15 is 0 Å². The Balaban J connectivity index is 1.65. The van der Waals surface area contributed by atoms with E-state index in [1.165, 1.54) is 5.56 Å². The minimum absolute atomic E-state index is 0.00652. The summed E-state index contributed by atoms with van der Waals surface area (Å²) in [6.07, 6.45) is 1.56. The first-order chi connectivity index (χ1) is 12.1. The van der Waals surface area contributed by atoms with Crippen molar-refractivity contribution < 1.29 is 4.79 Å². The van der Waals surface area contributed by atoms with Gasteiger partial charge in [0.25, 0.3) is 0 Å². The normalized spacial score (nSPS) is 15.4. The largest absolute Gasteiger partial charge is 0.355 e. The maximum atomic E-state index is 11.6. The third-order valence-electron chi connectivity index (χ3n) is 4.86. The summed E-state index contributed by atoms with van der Waals surface area (Å²) in [5.74, 6) is 6.50. The third kappa shape index (κ3) is 3.96. The van der Waals surface area contributed by atoms with Gasteiger partial charge >= 0.3 is 0 Å². The predicted molar refractivity (Wildman–Crippen MR) is 98.8 cm³/mol. The molecule has 6 nitrogen and oxygen atoms in total. The van der Waals surface area contributed by atoms with Gasteiger partial charge in [0.05, 0.1) is 5.69 Å². The molecule has 0 atom stereocenters. The number of piperidine rings is 1. The van der Waals surface area contributed by atoms with E-state index in [-0.39, 0.29) is 11.8 Å². The molecule has 132 valence electrons. The molecule has 3 rings (SSSR count). The number of carbonyl (C=O) groups excluding carboxylic acids is 1. The molecule has 1 fully saturated rings. The van der Waals surface area contributed by atoms with Gasteiger partial charge in [-0.25, -0.2) is 5.84 Å². The first-order valence-electron chi connectivity index (χ1n) is 8.78. The minimum atomic E-state index is -0.0778. The molecular formula is C19H25N5O. The highest BCUT2D eigenvalue weighted by Crippen LogP contribution is 2.24. The van der Waals surface area contributed by atoms with Crippen molar-refractivity contribution in [3.63, 3.8) is 0 Å². The zero-order valence-corrected chi connectivity index (χ0v) is 14.8. The Morgan fingerprint density at radius 2 is 1.80 bits per heavy atom. The van der Waals surface area contributed by atoms with Crippen molar-refractivity contribution in [1.82, 2.24) is 15.6 Å². The second-order valence-electron chi connectivity index (χ2n) is 6.82. The summed E-state index contributed by atoms with van der Waals surface area (Å²) in [7, 11) is 0. The summed E-state index contributed by atoms with van der Waals surface area (Å²) < 4.78 is 0. The molecule has 1 amide bonds. The van der Waals surface area contributed by atoms with Crippen molar-refractivity contribution in [1.29, 1.82) is 0 Å². The van der Waals surface area contributed by atoms with Gasteiger partial charge in [0, 0.05) is 24.6 Å². The van der Waals surface area contributed by atoms with Crippen LogP contribution in [0.1, 0.15) is 38.2 Å². The van der Waals surface area contributed by atoms with Crippen molar-refractivity contribution in [3.05, 3.63) is 42.0 Å². The molecule has 0 bridgehead atoms. The van der Waals surface area contributed by atoms with Gasteiger partial charge in [-0.2, -0.15) is 0 Å². The van der Waals surface area contributed by atoms with Crippen molar-refractivity contribution in [2.24, 2.45) is 11.8 Å². The summed E-state index contributed by atoms with van der Waals surface area (Å²) in [6, 6.07) is 12.5. The summed E-state index contributed by atoms with van der Waals surface area (Å²) in [5, 5.41) is 8.76. The van der Waals surface area contributed by atoms with Crippen LogP contribution in [-0.2, 0) is 4.79 Å². The Hall–Kier alpha value is -2.47. The molecule has 1 aromatic heterocycles. The van der Waals surface area contributed by atoms with Gasteiger partial charge in [0.15, 0.2) is 5.82 Å². The van der Waals surface area contributed by atoms with E-state index in [0.29, 0.717) is 5.92 Å². The van der Waals surface area contributed by atoms with Gasteiger partial charge in [-0.1, -0.05) is 38.1 Å². The van der Waals surface area contributed by atoms with Crippen molar-refractivity contribution in [3.8, 4) is 11.3 Å². The Morgan fingerprint density at radius 3 is 2.32 bits per heavy atom. The number of anilines is 1. The molecule has 25 heavy (non-hydrogen) atoms. The zero-order chi connectivity index (χ0) is 17.8. The number of amides is 1. The van der Waals surface area contributed by atoms with E-state index in [1.807, 2.05) is 12.1 Å². The SMILES string of the molecule is CC(C)c1ccc(-c2ccc(N3CCC(C(=O)NN)CC3)nn2)cc1. The molecule has 1 aliphatic rings. The average Bonchev–Trinajstić information content (AvgIpc) is 2.67. The van der Waals surface area contributed by atoms with Crippen LogP contribution in [0.3, 0.4) is 0 Å². The first-order valence-corrected chi connectivity index (χ1v) is 8.78. The lowest BCUT2D eigenvalue weighted by Crippen LogP contribution is -2.43. The highest BCUT2D eigenvalue weighted by Gasteiger charge is 2.25. The molecule has 0 unspecified atom stereocenters. The maximum absolute atomic E-state index is 11.6. The molecule has 6 heteroatoms. The standard InChI is InChI=1S/C19H25N5O/c1-13(2)14-3-5-15(6-4-14)17-7-8-18(23-22-17)24-11-9-16(10-12-24)19(25)21-20/h3-8,13,16H,9-12,20H2,1-2H3,(H,21,25). The van der Waals surface area contributed by atoms with E-state index in [0.717, 1.165) is 43.0 Å². The second-order valence-corrected chi connectivity index (χ2v) is 6.82. The highest BCUT2D eigenvalue weighted by molar-refractivity contribution is 5.78. The van der Waals surface area contributed by atoms with E-state index in [9.17, 15) is 4.79 Å². The maximum Gasteiger partial charge on any atom is 0.237 e. The molecule has 1 saturated heterocycles. The lowest BCUT2D eigenvalue weighted by Gasteiger charge is -2.31. The van der Waals surface area contributed by atoms with Crippen LogP contribution in [0.2, 0.25) is 0 Å². The minimum Gasteiger partial charge on any atom is -0.355 e. The number of hydrogen-bond acceptors (Lipinski definition) is 5. The number of nitrogens with one attached hydrogen (secondary N) is 1. The van der Waals surface area contributed by atoms with Crippen molar-refractivity contribution in [2.75, 3.05) is 18.0 Å². The van der Waals surface area contributed by atoms with Crippen LogP contribution in [0.25, 0.3) is 11.3 Å². The van der Waals surface area contributed by atoms with E-state index < -0.39 is 0 Å². The second kappa shape index (κ2) is 7.61. The summed E-state index contributed by atoms with van der Waals surface area (Å²) in [6.45, 7) is 5.94. The predicted octanol–water partition coefficient (Wildman–Crippen LogP) is 2.47. The van der Waals surface area contributed by atoms with Crippen LogP contribution in [0.5, 0.6) is 0 Å². The van der Waals surface area contributed by atoms with Crippen LogP contribution >= 0.6 is 0 Å². The summed E-state index contributed by atoms with van der Waals surface area (Å²) in [4.78, 5) is 13.8. The zero-order valence-electron chi connectivity index (χ0n) is 14.8. The average molecular weight is 339 g/mol. The van der Waals surface area contributed by atoms with Gasteiger partial charge in [-0.05, 0) is 36.5 Å². The number of hydrazine groups is 1. The molecule has 1 aromatic carbocycles. The van der Waals surface area contributed by atoms with E-state index in [1.54, 1.807) is 0 Å². The van der Waals surface area contributed by atoms with Gasteiger partial charge in [0.2, 0.25) is 5.91 Å². The van der Waals surface area contributed by atoms with Gasteiger partial charge in [-0.15, -0.1) is 10.2 Å². The molecule has 2 heterocycles. The smallest absolute Gasteiger partial charge is 0.237 e. The Bertz CT molecular complexity index is 704. The Morgan fingerprint density at radius 1 is 1.12 bits per heavy atom. The monoisotopic (exact) mass is 339 g/mol. The van der Waals surface area contributed by atoms with Crippen LogP contribution in [0, 0.1) is 5.92 Å². The summed E-state index contributed by atoms with van der Waals surface area (Å²) >= 11 is 0. The number of nitrogens with zero attached hydrogens (tertiary/aromatic N) is 3. The van der Waals surface area contributed by atoms with Gasteiger partial charge in [-0.3, -0.25) is 10.2 Å². The molecule has 0 radical (unpaired) electrons. The third-order valence-corrected chi connectivity index (χ3v) is 4.86. The number of aromatic nitrogens is 2. The van der Waals surface area contributed by atoms with Crippen LogP contribution < -0.4 is 16.2 Å². The molecule has 2 aromatic rings. The number of nitrogens with two attached hydrogens (primary N) is 1. The fraction of sp³-hybridized carbons (Fsp3) is 0.421. The summed E-state index contributed by atoms with van der Waals surface area (Å²) in [5.41, 5.74) is 5.50. The molecule has 0 saturated carbocycles. The van der Waals surface area contributed by atoms with Crippen molar-refractivity contribution in [2.45, 2.75) is 32.6 Å². The fourth-order valence-electron chi connectivity index (χ4n) is 3.18. The van der Waals surface area contributed by atoms with Gasteiger partial charge in [0.1, 0.15) is 0 Å². The van der Waals surface area contributed by atoms with E-state index in [4.69, 9.17) is 5.84 Å². The lowest BCUT2D eigenvalue weighted by molar-refractivity contribution is -0.125. The first kappa shape index (κ1) is 17.4. The van der Waals surface area contributed by atoms with Crippen LogP contribution in [-0.4, -0.2) is 29.2 Å². The Labute approximate surface area is 148 Å². The van der Waals surface area contributed by atoms with Crippen molar-refractivity contribution >= 4 is 11.7 Å². The Kier molecular flexibility index (Phi) is 5.28. The lowest BCUT2D eigenvalue weighted by atomic mass is 9.96. The number of hydrogen-bond donors (Lipinski definition) is 2. The number of carbonyl (C=O) groups is 1. The molecular weight excluding hydrogens is 314 g/mol. The van der Waals surface area contributed by atoms with E-state index in [2.05, 4.69) is 58.6 Å². The number of rotatable bonds is 4. The molecule has 0 aliphatic carbocycles. The molecule has 1 aliphatic heterocycles. The van der Waals surface area contributed by atoms with Crippen LogP contribution in [0.4, 0.5) is 5.82 Å². The topological polar surface area (TPSA) is 84.1 Å².